The molecule has 1 amide bonds. The van der Waals surface area contributed by atoms with Crippen LogP contribution in [0.5, 0.6) is 5.75 Å². The smallest absolute Gasteiger partial charge is 0.276 e. The molecule has 0 saturated carbocycles. The molecule has 0 spiro atoms. The van der Waals surface area contributed by atoms with Crippen LogP contribution in [0, 0.1) is 0 Å². The third kappa shape index (κ3) is 3.37. The zero-order valence-corrected chi connectivity index (χ0v) is 16.6. The predicted molar refractivity (Wildman–Crippen MR) is 116 cm³/mol. The molecule has 0 bridgehead atoms. The fourth-order valence-electron chi connectivity index (χ4n) is 3.29. The van der Waals surface area contributed by atoms with E-state index in [4.69, 9.17) is 17.0 Å². The number of likely N-dealkylation sites (N-methyl/N-ethyl adjacent to an activating group) is 2. The average Bonchev–Trinajstić information content (AvgIpc) is 2.91. The van der Waals surface area contributed by atoms with Crippen molar-refractivity contribution in [2.24, 2.45) is 0 Å². The van der Waals surface area contributed by atoms with Crippen molar-refractivity contribution >= 4 is 40.1 Å². The summed E-state index contributed by atoms with van der Waals surface area (Å²) in [6, 6.07) is 22.2. The van der Waals surface area contributed by atoms with Gasteiger partial charge in [-0.05, 0) is 52.3 Å². The number of benzene rings is 3. The van der Waals surface area contributed by atoms with E-state index < -0.39 is 0 Å². The number of ether oxygens (including phenoxy) is 1. The van der Waals surface area contributed by atoms with Gasteiger partial charge in [-0.15, -0.1) is 0 Å². The average molecular weight is 388 g/mol. The van der Waals surface area contributed by atoms with E-state index in [2.05, 4.69) is 24.3 Å². The van der Waals surface area contributed by atoms with Gasteiger partial charge >= 0.3 is 0 Å². The summed E-state index contributed by atoms with van der Waals surface area (Å²) < 4.78 is 5.97. The number of fused-ring (bicyclic) bond motifs is 1. The highest BCUT2D eigenvalue weighted by atomic mass is 32.1. The fourth-order valence-corrected chi connectivity index (χ4v) is 3.47. The Bertz CT molecular complexity index is 1080. The first-order valence-corrected chi connectivity index (χ1v) is 9.42. The molecule has 1 aliphatic heterocycles. The minimum Gasteiger partial charge on any atom is -0.489 e. The van der Waals surface area contributed by atoms with E-state index in [1.165, 1.54) is 15.7 Å². The summed E-state index contributed by atoms with van der Waals surface area (Å²) in [5.41, 5.74) is 2.64. The predicted octanol–water partition coefficient (Wildman–Crippen LogP) is 4.45. The van der Waals surface area contributed by atoms with Gasteiger partial charge in [-0.2, -0.15) is 0 Å². The molecule has 1 heterocycles. The van der Waals surface area contributed by atoms with Gasteiger partial charge < -0.3 is 9.64 Å². The minimum atomic E-state index is -0.0937. The van der Waals surface area contributed by atoms with Gasteiger partial charge in [-0.1, -0.05) is 54.6 Å². The first-order valence-electron chi connectivity index (χ1n) is 9.01. The molecule has 1 saturated heterocycles. The van der Waals surface area contributed by atoms with Crippen LogP contribution in [0.25, 0.3) is 16.8 Å². The minimum absolute atomic E-state index is 0.0937. The van der Waals surface area contributed by atoms with Gasteiger partial charge in [0.2, 0.25) is 0 Å². The van der Waals surface area contributed by atoms with E-state index in [0.29, 0.717) is 17.4 Å². The van der Waals surface area contributed by atoms with E-state index in [1.54, 1.807) is 19.0 Å². The number of thiocarbonyl (C=S) groups is 1. The summed E-state index contributed by atoms with van der Waals surface area (Å²) in [6.45, 7) is 0.502. The van der Waals surface area contributed by atoms with Gasteiger partial charge in [0.05, 0.1) is 0 Å². The maximum atomic E-state index is 12.3. The number of amides is 1. The molecule has 0 aromatic heterocycles. The van der Waals surface area contributed by atoms with E-state index in [-0.39, 0.29) is 5.91 Å². The van der Waals surface area contributed by atoms with E-state index in [9.17, 15) is 4.79 Å². The second-order valence-corrected chi connectivity index (χ2v) is 7.10. The van der Waals surface area contributed by atoms with Gasteiger partial charge in [0, 0.05) is 14.1 Å². The van der Waals surface area contributed by atoms with Crippen LogP contribution in [-0.2, 0) is 11.4 Å². The molecular weight excluding hydrogens is 368 g/mol. The number of rotatable bonds is 4. The van der Waals surface area contributed by atoms with Gasteiger partial charge in [-0.3, -0.25) is 9.69 Å². The Kier molecular flexibility index (Phi) is 4.84. The highest BCUT2D eigenvalue weighted by molar-refractivity contribution is 7.80. The lowest BCUT2D eigenvalue weighted by molar-refractivity contribution is -0.121. The highest BCUT2D eigenvalue weighted by Crippen LogP contribution is 2.23. The molecule has 0 aliphatic carbocycles. The van der Waals surface area contributed by atoms with Crippen LogP contribution in [0.4, 0.5) is 0 Å². The molecule has 1 fully saturated rings. The topological polar surface area (TPSA) is 32.8 Å². The molecule has 0 atom stereocenters. The molecule has 3 aromatic carbocycles. The molecule has 1 aliphatic rings. The second kappa shape index (κ2) is 7.44. The van der Waals surface area contributed by atoms with Crippen LogP contribution < -0.4 is 4.74 Å². The monoisotopic (exact) mass is 388 g/mol. The Morgan fingerprint density at radius 1 is 0.929 bits per heavy atom. The summed E-state index contributed by atoms with van der Waals surface area (Å²) >= 11 is 5.24. The van der Waals surface area contributed by atoms with Crippen LogP contribution in [0.2, 0.25) is 0 Å². The lowest BCUT2D eigenvalue weighted by Crippen LogP contribution is -2.26. The van der Waals surface area contributed by atoms with Crippen LogP contribution in [0.3, 0.4) is 0 Å². The maximum absolute atomic E-state index is 12.3. The lowest BCUT2D eigenvalue weighted by atomic mass is 10.1. The van der Waals surface area contributed by atoms with Crippen molar-refractivity contribution in [2.75, 3.05) is 14.1 Å². The fraction of sp³-hybridized carbons (Fsp3) is 0.130. The number of nitrogens with zero attached hydrogens (tertiary/aromatic N) is 2. The molecular formula is C23H20N2O2S. The zero-order chi connectivity index (χ0) is 19.7. The van der Waals surface area contributed by atoms with Crippen molar-refractivity contribution in [3.8, 4) is 5.75 Å². The molecule has 0 unspecified atom stereocenters. The summed E-state index contributed by atoms with van der Waals surface area (Å²) in [5, 5.41) is 2.92. The van der Waals surface area contributed by atoms with Gasteiger partial charge in [-0.25, -0.2) is 0 Å². The summed E-state index contributed by atoms with van der Waals surface area (Å²) in [7, 11) is 3.49. The second-order valence-electron chi connectivity index (χ2n) is 6.73. The summed E-state index contributed by atoms with van der Waals surface area (Å²) in [4.78, 5) is 15.5. The Hall–Kier alpha value is -3.18. The zero-order valence-electron chi connectivity index (χ0n) is 15.8. The number of carbonyl (C=O) groups excluding carboxylic acids is 1. The maximum Gasteiger partial charge on any atom is 0.276 e. The first-order chi connectivity index (χ1) is 13.5. The van der Waals surface area contributed by atoms with Crippen molar-refractivity contribution in [2.45, 2.75) is 6.61 Å². The number of carbonyl (C=O) groups is 1. The van der Waals surface area contributed by atoms with E-state index >= 15 is 0 Å². The van der Waals surface area contributed by atoms with Crippen molar-refractivity contribution in [1.29, 1.82) is 0 Å². The van der Waals surface area contributed by atoms with Gasteiger partial charge in [0.1, 0.15) is 18.1 Å². The third-order valence-electron chi connectivity index (χ3n) is 4.92. The molecule has 5 heteroatoms. The molecule has 140 valence electrons. The summed E-state index contributed by atoms with van der Waals surface area (Å²) in [5.74, 6) is 0.692. The quantitative estimate of drug-likeness (QED) is 0.488. The summed E-state index contributed by atoms with van der Waals surface area (Å²) in [6.07, 6.45) is 1.84. The van der Waals surface area contributed by atoms with Crippen LogP contribution >= 0.6 is 12.2 Å². The van der Waals surface area contributed by atoms with E-state index in [0.717, 1.165) is 16.9 Å². The molecule has 28 heavy (non-hydrogen) atoms. The largest absolute Gasteiger partial charge is 0.489 e. The van der Waals surface area contributed by atoms with Crippen LogP contribution in [0.1, 0.15) is 11.1 Å². The van der Waals surface area contributed by atoms with Crippen molar-refractivity contribution in [1.82, 2.24) is 9.80 Å². The Labute approximate surface area is 169 Å². The lowest BCUT2D eigenvalue weighted by Gasteiger charge is -2.11. The standard InChI is InChI=1S/C23H20N2O2S/c1-24-21(22(26)25(2)23(24)28)14-16-10-12-19(13-11-16)27-15-18-8-5-7-17-6-3-4-9-20(17)18/h3-14H,15H2,1-2H3. The molecule has 0 radical (unpaired) electrons. The van der Waals surface area contributed by atoms with Crippen molar-refractivity contribution in [3.05, 3.63) is 83.6 Å². The first kappa shape index (κ1) is 18.2. The van der Waals surface area contributed by atoms with Crippen molar-refractivity contribution in [3.63, 3.8) is 0 Å². The van der Waals surface area contributed by atoms with Crippen LogP contribution in [0.15, 0.2) is 72.4 Å². The Morgan fingerprint density at radius 3 is 2.36 bits per heavy atom. The molecule has 3 aromatic rings. The third-order valence-corrected chi connectivity index (χ3v) is 5.46. The number of hydrogen-bond acceptors (Lipinski definition) is 3. The van der Waals surface area contributed by atoms with Gasteiger partial charge in [0.15, 0.2) is 5.11 Å². The number of hydrogen-bond donors (Lipinski definition) is 0. The van der Waals surface area contributed by atoms with E-state index in [1.807, 2.05) is 48.5 Å². The molecule has 0 N–H and O–H groups in total. The molecule has 4 nitrogen and oxygen atoms in total. The van der Waals surface area contributed by atoms with Gasteiger partial charge in [0.25, 0.3) is 5.91 Å². The Balaban J connectivity index is 1.49. The van der Waals surface area contributed by atoms with Crippen LogP contribution in [-0.4, -0.2) is 34.9 Å². The Morgan fingerprint density at radius 2 is 1.64 bits per heavy atom. The molecule has 4 rings (SSSR count). The highest BCUT2D eigenvalue weighted by Gasteiger charge is 2.32. The normalized spacial score (nSPS) is 15.7. The SMILES string of the molecule is CN1C(=O)C(=Cc2ccc(OCc3cccc4ccccc34)cc2)N(C)C1=S. The van der Waals surface area contributed by atoms with Crippen molar-refractivity contribution < 1.29 is 9.53 Å².